The van der Waals surface area contributed by atoms with Crippen LogP contribution in [0.1, 0.15) is 19.3 Å². The Morgan fingerprint density at radius 1 is 1.46 bits per heavy atom. The summed E-state index contributed by atoms with van der Waals surface area (Å²) in [5.74, 6) is -1.97. The number of hydrogen-bond donors (Lipinski definition) is 1. The minimum Gasteiger partial charge on any atom is -0.481 e. The van der Waals surface area contributed by atoms with E-state index in [1.807, 2.05) is 0 Å². The molecule has 1 aliphatic rings. The first-order valence-electron chi connectivity index (χ1n) is 3.74. The summed E-state index contributed by atoms with van der Waals surface area (Å²) < 4.78 is 49.4. The Kier molecular flexibility index (Phi) is 2.25. The third-order valence-electron chi connectivity index (χ3n) is 2.41. The van der Waals surface area contributed by atoms with E-state index < -0.39 is 36.6 Å². The summed E-state index contributed by atoms with van der Waals surface area (Å²) in [5.41, 5.74) is -2.85. The van der Waals surface area contributed by atoms with Crippen LogP contribution < -0.4 is 0 Å². The number of aliphatic carboxylic acids is 1. The molecule has 1 N–H and O–H groups in total. The molecule has 6 heteroatoms. The Hall–Kier alpha value is -0.810. The van der Waals surface area contributed by atoms with Gasteiger partial charge in [0, 0.05) is 6.42 Å². The third kappa shape index (κ3) is 1.49. The molecular weight excluding hydrogens is 192 g/mol. The van der Waals surface area contributed by atoms with Crippen molar-refractivity contribution in [1.29, 1.82) is 0 Å². The molecule has 76 valence electrons. The van der Waals surface area contributed by atoms with Gasteiger partial charge in [-0.25, -0.2) is 4.39 Å². The van der Waals surface area contributed by atoms with Crippen molar-refractivity contribution >= 4 is 5.97 Å². The maximum Gasteiger partial charge on any atom is 0.405 e. The minimum absolute atomic E-state index is 0.328. The number of carbonyl (C=O) groups is 1. The van der Waals surface area contributed by atoms with Crippen LogP contribution in [0.3, 0.4) is 0 Å². The molecule has 0 saturated heterocycles. The summed E-state index contributed by atoms with van der Waals surface area (Å²) in [6.45, 7) is 0. The van der Waals surface area contributed by atoms with Crippen LogP contribution in [-0.2, 0) is 4.79 Å². The van der Waals surface area contributed by atoms with Crippen molar-refractivity contribution in [1.82, 2.24) is 0 Å². The lowest BCUT2D eigenvalue weighted by atomic mass is 9.85. The third-order valence-corrected chi connectivity index (χ3v) is 2.41. The molecule has 1 saturated carbocycles. The second-order valence-corrected chi connectivity index (χ2v) is 3.23. The summed E-state index contributed by atoms with van der Waals surface area (Å²) in [5, 5.41) is 8.43. The molecule has 0 spiro atoms. The van der Waals surface area contributed by atoms with E-state index in [4.69, 9.17) is 5.11 Å². The summed E-state index contributed by atoms with van der Waals surface area (Å²) in [4.78, 5) is 10.4. The van der Waals surface area contributed by atoms with Crippen molar-refractivity contribution in [2.75, 3.05) is 0 Å². The van der Waals surface area contributed by atoms with Gasteiger partial charge in [-0.2, -0.15) is 13.2 Å². The first kappa shape index (κ1) is 10.3. The molecule has 0 aliphatic heterocycles. The Bertz CT molecular complexity index is 225. The minimum atomic E-state index is -4.86. The fraction of sp³-hybridized carbons (Fsp3) is 0.857. The summed E-state index contributed by atoms with van der Waals surface area (Å²) >= 11 is 0. The molecule has 0 bridgehead atoms. The van der Waals surface area contributed by atoms with Gasteiger partial charge in [0.1, 0.15) is 6.17 Å². The van der Waals surface area contributed by atoms with Crippen LogP contribution in [0.15, 0.2) is 0 Å². The van der Waals surface area contributed by atoms with Crippen molar-refractivity contribution in [3.05, 3.63) is 0 Å². The monoisotopic (exact) mass is 200 g/mol. The molecule has 2 nitrogen and oxygen atoms in total. The van der Waals surface area contributed by atoms with Crippen LogP contribution in [0.2, 0.25) is 0 Å². The van der Waals surface area contributed by atoms with E-state index in [1.54, 1.807) is 0 Å². The molecular formula is C7H8F4O2. The van der Waals surface area contributed by atoms with Gasteiger partial charge in [0.25, 0.3) is 0 Å². The first-order chi connectivity index (χ1) is 5.79. The lowest BCUT2D eigenvalue weighted by Crippen LogP contribution is -2.43. The van der Waals surface area contributed by atoms with Crippen LogP contribution in [0, 0.1) is 5.41 Å². The molecule has 0 aromatic heterocycles. The predicted molar refractivity (Wildman–Crippen MR) is 34.9 cm³/mol. The molecule has 0 unspecified atom stereocenters. The van der Waals surface area contributed by atoms with Crippen molar-refractivity contribution in [3.63, 3.8) is 0 Å². The number of halogens is 4. The standard InChI is InChI=1S/C7H8F4O2/c8-4-1-2-6(3-4,5(12)13)7(9,10)11/h4H,1-3H2,(H,12,13)/t4-,6+/m0/s1. The van der Waals surface area contributed by atoms with E-state index in [-0.39, 0.29) is 6.42 Å². The zero-order valence-corrected chi connectivity index (χ0v) is 6.57. The second-order valence-electron chi connectivity index (χ2n) is 3.23. The van der Waals surface area contributed by atoms with Gasteiger partial charge in [-0.15, -0.1) is 0 Å². The van der Waals surface area contributed by atoms with Gasteiger partial charge in [0.2, 0.25) is 0 Å². The van der Waals surface area contributed by atoms with Crippen LogP contribution in [0.25, 0.3) is 0 Å². The SMILES string of the molecule is O=C(O)[C@@]1(C(F)(F)F)CC[C@H](F)C1. The van der Waals surface area contributed by atoms with Crippen LogP contribution in [-0.4, -0.2) is 23.4 Å². The highest BCUT2D eigenvalue weighted by atomic mass is 19.4. The lowest BCUT2D eigenvalue weighted by Gasteiger charge is -2.26. The van der Waals surface area contributed by atoms with Crippen molar-refractivity contribution in [3.8, 4) is 0 Å². The first-order valence-corrected chi connectivity index (χ1v) is 3.74. The van der Waals surface area contributed by atoms with Gasteiger partial charge in [-0.05, 0) is 12.8 Å². The number of carboxylic acids is 1. The second kappa shape index (κ2) is 2.85. The number of carboxylic acid groups (broad SMARTS) is 1. The van der Waals surface area contributed by atoms with Crippen molar-refractivity contribution in [2.45, 2.75) is 31.6 Å². The van der Waals surface area contributed by atoms with Gasteiger partial charge in [0.05, 0.1) is 0 Å². The van der Waals surface area contributed by atoms with Gasteiger partial charge in [-0.1, -0.05) is 0 Å². The van der Waals surface area contributed by atoms with E-state index in [9.17, 15) is 22.4 Å². The molecule has 0 amide bonds. The van der Waals surface area contributed by atoms with E-state index in [2.05, 4.69) is 0 Å². The van der Waals surface area contributed by atoms with Crippen molar-refractivity contribution < 1.29 is 27.5 Å². The fourth-order valence-electron chi connectivity index (χ4n) is 1.56. The van der Waals surface area contributed by atoms with Gasteiger partial charge >= 0.3 is 12.1 Å². The molecule has 1 fully saturated rings. The maximum absolute atomic E-state index is 12.5. The van der Waals surface area contributed by atoms with Gasteiger partial charge in [0.15, 0.2) is 5.41 Å². The number of alkyl halides is 4. The normalized spacial score (nSPS) is 34.9. The maximum atomic E-state index is 12.5. The van der Waals surface area contributed by atoms with Crippen LogP contribution in [0.4, 0.5) is 17.6 Å². The molecule has 0 radical (unpaired) electrons. The number of rotatable bonds is 1. The number of hydrogen-bond acceptors (Lipinski definition) is 1. The van der Waals surface area contributed by atoms with E-state index in [1.165, 1.54) is 0 Å². The highest BCUT2D eigenvalue weighted by molar-refractivity contribution is 5.76. The zero-order chi connectivity index (χ0) is 10.3. The molecule has 0 aromatic carbocycles. The summed E-state index contributed by atoms with van der Waals surface area (Å²) in [7, 11) is 0. The molecule has 1 rings (SSSR count). The van der Waals surface area contributed by atoms with Crippen molar-refractivity contribution in [2.24, 2.45) is 5.41 Å². The van der Waals surface area contributed by atoms with Crippen LogP contribution in [0.5, 0.6) is 0 Å². The lowest BCUT2D eigenvalue weighted by molar-refractivity contribution is -0.230. The van der Waals surface area contributed by atoms with E-state index in [0.29, 0.717) is 0 Å². The molecule has 2 atom stereocenters. The molecule has 1 aliphatic carbocycles. The predicted octanol–water partition coefficient (Wildman–Crippen LogP) is 2.14. The topological polar surface area (TPSA) is 37.3 Å². The van der Waals surface area contributed by atoms with E-state index >= 15 is 0 Å². The Balaban J connectivity index is 2.97. The van der Waals surface area contributed by atoms with E-state index in [0.717, 1.165) is 0 Å². The largest absolute Gasteiger partial charge is 0.481 e. The van der Waals surface area contributed by atoms with Gasteiger partial charge < -0.3 is 5.11 Å². The quantitative estimate of drug-likeness (QED) is 0.658. The zero-order valence-electron chi connectivity index (χ0n) is 6.57. The van der Waals surface area contributed by atoms with Crippen LogP contribution >= 0.6 is 0 Å². The highest BCUT2D eigenvalue weighted by Gasteiger charge is 2.63. The Labute approximate surface area is 71.5 Å². The highest BCUT2D eigenvalue weighted by Crippen LogP contribution is 2.51. The summed E-state index contributed by atoms with van der Waals surface area (Å²) in [6, 6.07) is 0. The Morgan fingerprint density at radius 2 is 2.00 bits per heavy atom. The fourth-order valence-corrected chi connectivity index (χ4v) is 1.56. The molecule has 0 aromatic rings. The Morgan fingerprint density at radius 3 is 2.15 bits per heavy atom. The smallest absolute Gasteiger partial charge is 0.405 e. The molecule has 0 heterocycles. The average Bonchev–Trinajstić information content (AvgIpc) is 2.30. The van der Waals surface area contributed by atoms with Gasteiger partial charge in [-0.3, -0.25) is 4.79 Å². The summed E-state index contributed by atoms with van der Waals surface area (Å²) in [6.07, 6.45) is -8.46. The molecule has 13 heavy (non-hydrogen) atoms. The average molecular weight is 200 g/mol.